The van der Waals surface area contributed by atoms with E-state index in [1.54, 1.807) is 18.9 Å². The van der Waals surface area contributed by atoms with Crippen LogP contribution >= 0.6 is 0 Å². The van der Waals surface area contributed by atoms with Crippen LogP contribution < -0.4 is 14.8 Å². The molecule has 1 fully saturated rings. The average Bonchev–Trinajstić information content (AvgIpc) is 2.81. The van der Waals surface area contributed by atoms with E-state index in [-0.39, 0.29) is 24.5 Å². The van der Waals surface area contributed by atoms with Crippen molar-refractivity contribution >= 4 is 11.8 Å². The van der Waals surface area contributed by atoms with Gasteiger partial charge in [0.2, 0.25) is 5.91 Å². The molecule has 0 saturated heterocycles. The SMILES string of the molecule is COc1ccc(CN(C(=O)COc2cc(C)cc(C)c2)[C@H](C)C(=O)NC2CCCCC2)cc1. The van der Waals surface area contributed by atoms with E-state index in [0.717, 1.165) is 48.1 Å². The van der Waals surface area contributed by atoms with Crippen LogP contribution in [0.4, 0.5) is 0 Å². The van der Waals surface area contributed by atoms with E-state index in [2.05, 4.69) is 11.4 Å². The van der Waals surface area contributed by atoms with E-state index < -0.39 is 6.04 Å². The molecule has 0 aliphatic heterocycles. The van der Waals surface area contributed by atoms with Crippen molar-refractivity contribution in [2.45, 2.75) is 71.5 Å². The Hall–Kier alpha value is -3.02. The van der Waals surface area contributed by atoms with Gasteiger partial charge in [-0.3, -0.25) is 9.59 Å². The van der Waals surface area contributed by atoms with Crippen molar-refractivity contribution in [1.29, 1.82) is 0 Å². The zero-order chi connectivity index (χ0) is 23.8. The highest BCUT2D eigenvalue weighted by atomic mass is 16.5. The molecule has 2 amide bonds. The van der Waals surface area contributed by atoms with Crippen molar-refractivity contribution in [1.82, 2.24) is 10.2 Å². The van der Waals surface area contributed by atoms with Crippen LogP contribution in [-0.4, -0.2) is 42.5 Å². The Morgan fingerprint density at radius 3 is 2.24 bits per heavy atom. The minimum Gasteiger partial charge on any atom is -0.497 e. The third-order valence-electron chi connectivity index (χ3n) is 6.19. The molecule has 0 aromatic heterocycles. The summed E-state index contributed by atoms with van der Waals surface area (Å²) in [6, 6.07) is 13.0. The van der Waals surface area contributed by atoms with Gasteiger partial charge >= 0.3 is 0 Å². The molecule has 1 saturated carbocycles. The van der Waals surface area contributed by atoms with Crippen molar-refractivity contribution in [2.75, 3.05) is 13.7 Å². The molecular formula is C27H36N2O4. The zero-order valence-corrected chi connectivity index (χ0v) is 20.2. The summed E-state index contributed by atoms with van der Waals surface area (Å²) in [6.07, 6.45) is 5.50. The van der Waals surface area contributed by atoms with E-state index >= 15 is 0 Å². The molecule has 1 atom stereocenters. The zero-order valence-electron chi connectivity index (χ0n) is 20.2. The maximum absolute atomic E-state index is 13.2. The van der Waals surface area contributed by atoms with Gasteiger partial charge in [0.1, 0.15) is 17.5 Å². The molecule has 0 unspecified atom stereocenters. The molecule has 3 rings (SSSR count). The van der Waals surface area contributed by atoms with Gasteiger partial charge in [-0.2, -0.15) is 0 Å². The lowest BCUT2D eigenvalue weighted by Gasteiger charge is -2.31. The second kappa shape index (κ2) is 11.7. The summed E-state index contributed by atoms with van der Waals surface area (Å²) in [7, 11) is 1.62. The predicted octanol–water partition coefficient (Wildman–Crippen LogP) is 4.56. The number of amides is 2. The number of hydrogen-bond acceptors (Lipinski definition) is 4. The summed E-state index contributed by atoms with van der Waals surface area (Å²) in [5.41, 5.74) is 3.08. The molecule has 1 aliphatic carbocycles. The molecule has 178 valence electrons. The Labute approximate surface area is 197 Å². The molecule has 1 N–H and O–H groups in total. The third kappa shape index (κ3) is 7.24. The quantitative estimate of drug-likeness (QED) is 0.606. The van der Waals surface area contributed by atoms with Crippen LogP contribution in [0.1, 0.15) is 55.7 Å². The van der Waals surface area contributed by atoms with Gasteiger partial charge < -0.3 is 19.7 Å². The van der Waals surface area contributed by atoms with Gasteiger partial charge in [-0.25, -0.2) is 0 Å². The fourth-order valence-corrected chi connectivity index (χ4v) is 4.32. The van der Waals surface area contributed by atoms with Gasteiger partial charge in [0, 0.05) is 12.6 Å². The fraction of sp³-hybridized carbons (Fsp3) is 0.481. The number of ether oxygens (including phenoxy) is 2. The lowest BCUT2D eigenvalue weighted by Crippen LogP contribution is -2.51. The van der Waals surface area contributed by atoms with E-state index in [4.69, 9.17) is 9.47 Å². The second-order valence-corrected chi connectivity index (χ2v) is 9.00. The monoisotopic (exact) mass is 452 g/mol. The highest BCUT2D eigenvalue weighted by Crippen LogP contribution is 2.20. The van der Waals surface area contributed by atoms with Crippen LogP contribution in [-0.2, 0) is 16.1 Å². The Balaban J connectivity index is 1.72. The van der Waals surface area contributed by atoms with E-state index in [9.17, 15) is 9.59 Å². The Bertz CT molecular complexity index is 915. The molecule has 0 bridgehead atoms. The molecule has 1 aliphatic rings. The number of nitrogens with one attached hydrogen (secondary N) is 1. The Morgan fingerprint density at radius 2 is 1.64 bits per heavy atom. The fourth-order valence-electron chi connectivity index (χ4n) is 4.32. The lowest BCUT2D eigenvalue weighted by atomic mass is 9.95. The predicted molar refractivity (Wildman–Crippen MR) is 129 cm³/mol. The number of nitrogens with zero attached hydrogens (tertiary/aromatic N) is 1. The van der Waals surface area contributed by atoms with Crippen molar-refractivity contribution < 1.29 is 19.1 Å². The molecule has 0 heterocycles. The number of rotatable bonds is 9. The number of hydrogen-bond donors (Lipinski definition) is 1. The van der Waals surface area contributed by atoms with Crippen LogP contribution in [0.25, 0.3) is 0 Å². The smallest absolute Gasteiger partial charge is 0.261 e. The van der Waals surface area contributed by atoms with Gasteiger partial charge in [0.05, 0.1) is 7.11 Å². The first-order valence-corrected chi connectivity index (χ1v) is 11.8. The molecule has 0 spiro atoms. The minimum atomic E-state index is -0.607. The number of carbonyl (C=O) groups excluding carboxylic acids is 2. The summed E-state index contributed by atoms with van der Waals surface area (Å²) in [4.78, 5) is 27.9. The normalized spacial score (nSPS) is 14.9. The summed E-state index contributed by atoms with van der Waals surface area (Å²) < 4.78 is 11.1. The number of methoxy groups -OCH3 is 1. The van der Waals surface area contributed by atoms with Gasteiger partial charge in [0.25, 0.3) is 5.91 Å². The Morgan fingerprint density at radius 1 is 1.00 bits per heavy atom. The highest BCUT2D eigenvalue weighted by molar-refractivity contribution is 5.88. The van der Waals surface area contributed by atoms with Crippen LogP contribution in [0.2, 0.25) is 0 Å². The van der Waals surface area contributed by atoms with Gasteiger partial charge in [-0.05, 0) is 74.6 Å². The van der Waals surface area contributed by atoms with Crippen molar-refractivity contribution in [3.05, 3.63) is 59.2 Å². The molecule has 2 aromatic carbocycles. The van der Waals surface area contributed by atoms with Crippen LogP contribution in [0.15, 0.2) is 42.5 Å². The van der Waals surface area contributed by atoms with Crippen LogP contribution in [0, 0.1) is 13.8 Å². The molecule has 0 radical (unpaired) electrons. The summed E-state index contributed by atoms with van der Waals surface area (Å²) in [5, 5.41) is 3.15. The van der Waals surface area contributed by atoms with Gasteiger partial charge in [-0.1, -0.05) is 37.5 Å². The average molecular weight is 453 g/mol. The van der Waals surface area contributed by atoms with E-state index in [1.165, 1.54) is 6.42 Å². The Kier molecular flexibility index (Phi) is 8.75. The number of benzene rings is 2. The van der Waals surface area contributed by atoms with Crippen LogP contribution in [0.3, 0.4) is 0 Å². The summed E-state index contributed by atoms with van der Waals surface area (Å²) >= 11 is 0. The van der Waals surface area contributed by atoms with Crippen molar-refractivity contribution in [2.24, 2.45) is 0 Å². The maximum Gasteiger partial charge on any atom is 0.261 e. The summed E-state index contributed by atoms with van der Waals surface area (Å²) in [5.74, 6) is 1.06. The molecule has 6 nitrogen and oxygen atoms in total. The third-order valence-corrected chi connectivity index (χ3v) is 6.19. The van der Waals surface area contributed by atoms with E-state index in [0.29, 0.717) is 12.3 Å². The number of carbonyl (C=O) groups is 2. The topological polar surface area (TPSA) is 67.9 Å². The second-order valence-electron chi connectivity index (χ2n) is 9.00. The van der Waals surface area contributed by atoms with Crippen molar-refractivity contribution in [3.63, 3.8) is 0 Å². The van der Waals surface area contributed by atoms with E-state index in [1.807, 2.05) is 50.2 Å². The number of aryl methyl sites for hydroxylation is 2. The molecule has 33 heavy (non-hydrogen) atoms. The molecular weight excluding hydrogens is 416 g/mol. The highest BCUT2D eigenvalue weighted by Gasteiger charge is 2.28. The summed E-state index contributed by atoms with van der Waals surface area (Å²) in [6.45, 7) is 5.97. The first kappa shape index (κ1) is 24.6. The lowest BCUT2D eigenvalue weighted by molar-refractivity contribution is -0.142. The molecule has 6 heteroatoms. The molecule has 2 aromatic rings. The maximum atomic E-state index is 13.2. The largest absolute Gasteiger partial charge is 0.497 e. The standard InChI is InChI=1S/C27H36N2O4/c1-19-14-20(2)16-25(15-19)33-18-26(30)29(17-22-10-12-24(32-4)13-11-22)21(3)27(31)28-23-8-6-5-7-9-23/h10-16,21,23H,5-9,17-18H2,1-4H3,(H,28,31)/t21-/m1/s1. The first-order chi connectivity index (χ1) is 15.9. The van der Waals surface area contributed by atoms with Crippen molar-refractivity contribution in [3.8, 4) is 11.5 Å². The van der Waals surface area contributed by atoms with Crippen LogP contribution in [0.5, 0.6) is 11.5 Å². The minimum absolute atomic E-state index is 0.116. The first-order valence-electron chi connectivity index (χ1n) is 11.8. The van der Waals surface area contributed by atoms with Gasteiger partial charge in [-0.15, -0.1) is 0 Å². The van der Waals surface area contributed by atoms with Gasteiger partial charge in [0.15, 0.2) is 6.61 Å².